The van der Waals surface area contributed by atoms with Crippen LogP contribution in [0.2, 0.25) is 0 Å². The standard InChI is InChI=1S/C16H20N6O2S/c1-3-6-25(18,24)16-20-14(17)12-8-13(23)22(15(12)21-16)9-11-4-5-19-10(2)7-11/h4-5,7,18H,3,6,8-9H2,1-2H3,(H2,17,20,21). The zero-order chi connectivity index (χ0) is 18.2. The summed E-state index contributed by atoms with van der Waals surface area (Å²) in [4.78, 5) is 26.4. The molecule has 0 bridgehead atoms. The Kier molecular flexibility index (Phi) is 4.42. The van der Waals surface area contributed by atoms with Gasteiger partial charge in [0.2, 0.25) is 11.1 Å². The van der Waals surface area contributed by atoms with Crippen LogP contribution in [-0.4, -0.2) is 30.8 Å². The lowest BCUT2D eigenvalue weighted by Crippen LogP contribution is -2.27. The molecule has 0 saturated heterocycles. The topological polar surface area (TPSA) is 126 Å². The van der Waals surface area contributed by atoms with Gasteiger partial charge in [-0.05, 0) is 31.0 Å². The number of anilines is 2. The third-order valence-corrected chi connectivity index (χ3v) is 5.73. The normalized spacial score (nSPS) is 15.9. The second kappa shape index (κ2) is 6.40. The van der Waals surface area contributed by atoms with E-state index in [4.69, 9.17) is 10.5 Å². The highest BCUT2D eigenvalue weighted by Crippen LogP contribution is 2.32. The van der Waals surface area contributed by atoms with Crippen LogP contribution >= 0.6 is 0 Å². The minimum Gasteiger partial charge on any atom is -0.383 e. The van der Waals surface area contributed by atoms with Crippen LogP contribution in [0.4, 0.5) is 11.6 Å². The maximum atomic E-state index is 12.5. The summed E-state index contributed by atoms with van der Waals surface area (Å²) in [6.07, 6.45) is 2.36. The number of pyridine rings is 1. The molecule has 0 fully saturated rings. The fraction of sp³-hybridized carbons (Fsp3) is 0.375. The molecule has 1 amide bonds. The third-order valence-electron chi connectivity index (χ3n) is 3.97. The molecule has 25 heavy (non-hydrogen) atoms. The lowest BCUT2D eigenvalue weighted by atomic mass is 10.2. The number of nitrogen functional groups attached to an aromatic ring is 1. The fourth-order valence-corrected chi connectivity index (χ4v) is 4.04. The van der Waals surface area contributed by atoms with Gasteiger partial charge in [-0.1, -0.05) is 6.92 Å². The lowest BCUT2D eigenvalue weighted by Gasteiger charge is -2.18. The van der Waals surface area contributed by atoms with Gasteiger partial charge in [0.05, 0.1) is 13.0 Å². The first-order valence-electron chi connectivity index (χ1n) is 7.96. The average Bonchev–Trinajstić information content (AvgIpc) is 2.84. The molecule has 8 nitrogen and oxygen atoms in total. The van der Waals surface area contributed by atoms with Crippen LogP contribution in [0.15, 0.2) is 23.5 Å². The molecule has 1 aliphatic heterocycles. The summed E-state index contributed by atoms with van der Waals surface area (Å²) in [6, 6.07) is 3.72. The minimum atomic E-state index is -3.13. The van der Waals surface area contributed by atoms with Gasteiger partial charge in [0, 0.05) is 23.2 Å². The van der Waals surface area contributed by atoms with Gasteiger partial charge >= 0.3 is 0 Å². The molecule has 2 aromatic heterocycles. The van der Waals surface area contributed by atoms with Gasteiger partial charge in [-0.2, -0.15) is 0 Å². The second-order valence-electron chi connectivity index (χ2n) is 6.04. The number of carbonyl (C=O) groups is 1. The number of hydrogen-bond acceptors (Lipinski definition) is 7. The molecule has 0 saturated carbocycles. The number of fused-ring (bicyclic) bond motifs is 1. The van der Waals surface area contributed by atoms with E-state index in [-0.39, 0.29) is 29.1 Å². The van der Waals surface area contributed by atoms with Crippen LogP contribution in [0, 0.1) is 11.7 Å². The maximum Gasteiger partial charge on any atom is 0.233 e. The van der Waals surface area contributed by atoms with E-state index in [9.17, 15) is 9.00 Å². The Morgan fingerprint density at radius 2 is 2.16 bits per heavy atom. The zero-order valence-corrected chi connectivity index (χ0v) is 15.0. The van der Waals surface area contributed by atoms with Crippen molar-refractivity contribution >= 4 is 27.3 Å². The third kappa shape index (κ3) is 3.32. The molecule has 3 heterocycles. The Bertz CT molecular complexity index is 942. The number of amides is 1. The van der Waals surface area contributed by atoms with Crippen LogP contribution in [0.5, 0.6) is 0 Å². The molecule has 3 rings (SSSR count). The smallest absolute Gasteiger partial charge is 0.233 e. The molecule has 2 aromatic rings. The van der Waals surface area contributed by atoms with Gasteiger partial charge < -0.3 is 5.73 Å². The molecule has 3 N–H and O–H groups in total. The van der Waals surface area contributed by atoms with Crippen molar-refractivity contribution in [3.8, 4) is 0 Å². The predicted molar refractivity (Wildman–Crippen MR) is 94.6 cm³/mol. The van der Waals surface area contributed by atoms with Crippen molar-refractivity contribution in [1.82, 2.24) is 15.0 Å². The highest BCUT2D eigenvalue weighted by atomic mass is 32.2. The van der Waals surface area contributed by atoms with E-state index in [1.165, 1.54) is 4.90 Å². The number of aryl methyl sites for hydroxylation is 1. The Hall–Kier alpha value is -2.55. The monoisotopic (exact) mass is 360 g/mol. The van der Waals surface area contributed by atoms with Gasteiger partial charge in [0.25, 0.3) is 0 Å². The van der Waals surface area contributed by atoms with Crippen molar-refractivity contribution in [2.45, 2.75) is 38.4 Å². The average molecular weight is 360 g/mol. The zero-order valence-electron chi connectivity index (χ0n) is 14.2. The Labute approximate surface area is 146 Å². The first kappa shape index (κ1) is 17.3. The van der Waals surface area contributed by atoms with Crippen LogP contribution in [-0.2, 0) is 27.5 Å². The molecule has 1 unspecified atom stereocenters. The first-order chi connectivity index (χ1) is 11.8. The first-order valence-corrected chi connectivity index (χ1v) is 9.69. The van der Waals surface area contributed by atoms with Gasteiger partial charge in [0.15, 0.2) is 0 Å². The largest absolute Gasteiger partial charge is 0.383 e. The quantitative estimate of drug-likeness (QED) is 0.781. The number of nitrogens with one attached hydrogen (secondary N) is 1. The Morgan fingerprint density at radius 3 is 2.84 bits per heavy atom. The number of aromatic nitrogens is 3. The van der Waals surface area contributed by atoms with Crippen LogP contribution in [0.1, 0.15) is 30.2 Å². The van der Waals surface area contributed by atoms with Crippen molar-refractivity contribution in [3.63, 3.8) is 0 Å². The van der Waals surface area contributed by atoms with Crippen molar-refractivity contribution < 1.29 is 9.00 Å². The molecule has 0 aromatic carbocycles. The number of carbonyl (C=O) groups excluding carboxylic acids is 1. The summed E-state index contributed by atoms with van der Waals surface area (Å²) < 4.78 is 20.5. The molecular weight excluding hydrogens is 340 g/mol. The maximum absolute atomic E-state index is 12.5. The molecule has 9 heteroatoms. The minimum absolute atomic E-state index is 0.101. The van der Waals surface area contributed by atoms with E-state index >= 15 is 0 Å². The molecule has 1 aliphatic rings. The van der Waals surface area contributed by atoms with Crippen LogP contribution in [0.25, 0.3) is 0 Å². The summed E-state index contributed by atoms with van der Waals surface area (Å²) >= 11 is 0. The van der Waals surface area contributed by atoms with Crippen LogP contribution in [0.3, 0.4) is 0 Å². The molecule has 0 spiro atoms. The van der Waals surface area contributed by atoms with Crippen molar-refractivity contribution in [3.05, 3.63) is 35.2 Å². The highest BCUT2D eigenvalue weighted by molar-refractivity contribution is 7.92. The Balaban J connectivity index is 2.03. The van der Waals surface area contributed by atoms with Crippen molar-refractivity contribution in [2.24, 2.45) is 0 Å². The molecule has 0 radical (unpaired) electrons. The van der Waals surface area contributed by atoms with Gasteiger partial charge in [-0.15, -0.1) is 0 Å². The number of hydrogen-bond donors (Lipinski definition) is 2. The number of nitrogens with zero attached hydrogens (tertiary/aromatic N) is 4. The van der Waals surface area contributed by atoms with Crippen LogP contribution < -0.4 is 10.6 Å². The molecular formula is C16H20N6O2S. The predicted octanol–water partition coefficient (Wildman–Crippen LogP) is 1.67. The summed E-state index contributed by atoms with van der Waals surface area (Å²) in [7, 11) is -3.13. The lowest BCUT2D eigenvalue weighted by molar-refractivity contribution is -0.117. The second-order valence-corrected chi connectivity index (χ2v) is 8.16. The number of nitrogens with two attached hydrogens (primary N) is 1. The van der Waals surface area contributed by atoms with Gasteiger partial charge in [-0.25, -0.2) is 19.0 Å². The summed E-state index contributed by atoms with van der Waals surface area (Å²) in [5.74, 6) is 0.494. The molecule has 132 valence electrons. The summed E-state index contributed by atoms with van der Waals surface area (Å²) in [6.45, 7) is 4.03. The highest BCUT2D eigenvalue weighted by Gasteiger charge is 2.33. The fourth-order valence-electron chi connectivity index (χ4n) is 2.80. The van der Waals surface area contributed by atoms with Crippen molar-refractivity contribution in [1.29, 1.82) is 4.78 Å². The van der Waals surface area contributed by atoms with E-state index in [0.29, 0.717) is 24.3 Å². The van der Waals surface area contributed by atoms with E-state index in [0.717, 1.165) is 11.3 Å². The van der Waals surface area contributed by atoms with E-state index < -0.39 is 9.73 Å². The van der Waals surface area contributed by atoms with Gasteiger partial charge in [-0.3, -0.25) is 14.7 Å². The van der Waals surface area contributed by atoms with E-state index in [2.05, 4.69) is 15.0 Å². The van der Waals surface area contributed by atoms with E-state index in [1.54, 1.807) is 6.20 Å². The molecule has 0 aliphatic carbocycles. The van der Waals surface area contributed by atoms with E-state index in [1.807, 2.05) is 26.0 Å². The summed E-state index contributed by atoms with van der Waals surface area (Å²) in [5.41, 5.74) is 8.25. The SMILES string of the molecule is CCCS(=N)(=O)c1nc(N)c2c(n1)N(Cc1ccnc(C)c1)C(=O)C2. The summed E-state index contributed by atoms with van der Waals surface area (Å²) in [5, 5.41) is -0.101. The van der Waals surface area contributed by atoms with Crippen molar-refractivity contribution in [2.75, 3.05) is 16.4 Å². The van der Waals surface area contributed by atoms with Gasteiger partial charge in [0.1, 0.15) is 21.4 Å². The molecule has 1 atom stereocenters. The Morgan fingerprint density at radius 1 is 1.40 bits per heavy atom. The number of rotatable bonds is 5.